The fourth-order valence-electron chi connectivity index (χ4n) is 4.37. The number of nitrogens with zero attached hydrogens (tertiary/aromatic N) is 5. The quantitative estimate of drug-likeness (QED) is 0.443. The molecule has 2 amide bonds. The average molecular weight is 502 g/mol. The van der Waals surface area contributed by atoms with Crippen LogP contribution in [0.5, 0.6) is 5.75 Å². The Bertz CT molecular complexity index is 1160. The zero-order valence-electron chi connectivity index (χ0n) is 21.8. The van der Waals surface area contributed by atoms with Crippen molar-refractivity contribution in [1.29, 1.82) is 0 Å². The van der Waals surface area contributed by atoms with Crippen LogP contribution in [0.4, 0.5) is 5.82 Å². The zero-order chi connectivity index (χ0) is 26.2. The van der Waals surface area contributed by atoms with Gasteiger partial charge in [-0.2, -0.15) is 0 Å². The third-order valence-electron chi connectivity index (χ3n) is 6.47. The van der Waals surface area contributed by atoms with E-state index in [2.05, 4.69) is 15.1 Å². The van der Waals surface area contributed by atoms with Gasteiger partial charge in [-0.3, -0.25) is 9.59 Å². The fourth-order valence-corrected chi connectivity index (χ4v) is 4.37. The van der Waals surface area contributed by atoms with E-state index in [1.165, 1.54) is 0 Å². The van der Waals surface area contributed by atoms with Crippen molar-refractivity contribution in [2.24, 2.45) is 5.92 Å². The number of hydrogen-bond donors (Lipinski definition) is 0. The van der Waals surface area contributed by atoms with Gasteiger partial charge >= 0.3 is 0 Å². The van der Waals surface area contributed by atoms with Gasteiger partial charge in [0.15, 0.2) is 5.82 Å². The first-order valence-electron chi connectivity index (χ1n) is 12.8. The third kappa shape index (κ3) is 7.06. The summed E-state index contributed by atoms with van der Waals surface area (Å²) >= 11 is 0. The lowest BCUT2D eigenvalue weighted by atomic mass is 10.1. The van der Waals surface area contributed by atoms with Crippen molar-refractivity contribution in [1.82, 2.24) is 20.0 Å². The molecule has 1 aliphatic heterocycles. The largest absolute Gasteiger partial charge is 0.497 e. The van der Waals surface area contributed by atoms with Crippen molar-refractivity contribution in [2.45, 2.75) is 26.8 Å². The molecule has 0 saturated carbocycles. The molecule has 0 atom stereocenters. The van der Waals surface area contributed by atoms with Crippen LogP contribution in [0.15, 0.2) is 66.7 Å². The highest BCUT2D eigenvalue weighted by molar-refractivity contribution is 5.85. The molecule has 1 saturated heterocycles. The minimum Gasteiger partial charge on any atom is -0.497 e. The molecule has 1 aliphatic rings. The summed E-state index contributed by atoms with van der Waals surface area (Å²) in [6.45, 7) is 7.07. The number of carbonyl (C=O) groups is 2. The molecule has 1 fully saturated rings. The summed E-state index contributed by atoms with van der Waals surface area (Å²) in [6.07, 6.45) is 0.430. The van der Waals surface area contributed by atoms with Gasteiger partial charge in [0.1, 0.15) is 12.3 Å². The van der Waals surface area contributed by atoms with E-state index in [1.54, 1.807) is 12.0 Å². The van der Waals surface area contributed by atoms with Crippen molar-refractivity contribution < 1.29 is 14.3 Å². The van der Waals surface area contributed by atoms with Crippen LogP contribution in [-0.4, -0.2) is 71.6 Å². The molecular weight excluding hydrogens is 466 g/mol. The monoisotopic (exact) mass is 501 g/mol. The van der Waals surface area contributed by atoms with E-state index in [0.717, 1.165) is 28.4 Å². The molecule has 8 heteroatoms. The van der Waals surface area contributed by atoms with Crippen molar-refractivity contribution in [2.75, 3.05) is 44.7 Å². The van der Waals surface area contributed by atoms with E-state index in [9.17, 15) is 9.59 Å². The molecule has 8 nitrogen and oxygen atoms in total. The van der Waals surface area contributed by atoms with Crippen molar-refractivity contribution in [3.8, 4) is 17.0 Å². The van der Waals surface area contributed by atoms with Crippen LogP contribution >= 0.6 is 0 Å². The Morgan fingerprint density at radius 3 is 2.22 bits per heavy atom. The van der Waals surface area contributed by atoms with Crippen LogP contribution in [0.3, 0.4) is 0 Å². The maximum atomic E-state index is 13.2. The van der Waals surface area contributed by atoms with Crippen LogP contribution in [0.1, 0.15) is 25.8 Å². The van der Waals surface area contributed by atoms with Gasteiger partial charge in [0, 0.05) is 44.7 Å². The Labute approximate surface area is 218 Å². The molecule has 1 aromatic heterocycles. The number of benzene rings is 2. The molecule has 0 radical (unpaired) electrons. The molecule has 3 aromatic rings. The highest BCUT2D eigenvalue weighted by Crippen LogP contribution is 2.22. The van der Waals surface area contributed by atoms with Crippen molar-refractivity contribution >= 4 is 17.6 Å². The molecule has 37 heavy (non-hydrogen) atoms. The van der Waals surface area contributed by atoms with Gasteiger partial charge in [0.2, 0.25) is 11.8 Å². The van der Waals surface area contributed by atoms with Gasteiger partial charge in [0.05, 0.1) is 12.8 Å². The number of hydrogen-bond acceptors (Lipinski definition) is 6. The number of amides is 2. The van der Waals surface area contributed by atoms with Crippen LogP contribution < -0.4 is 9.64 Å². The number of methoxy groups -OCH3 is 1. The first kappa shape index (κ1) is 26.1. The summed E-state index contributed by atoms with van der Waals surface area (Å²) in [5, 5.41) is 8.82. The van der Waals surface area contributed by atoms with E-state index in [0.29, 0.717) is 39.1 Å². The second-order valence-electron chi connectivity index (χ2n) is 9.71. The van der Waals surface area contributed by atoms with Gasteiger partial charge in [-0.15, -0.1) is 10.2 Å². The smallest absolute Gasteiger partial charge is 0.242 e. The minimum absolute atomic E-state index is 0.0121. The second kappa shape index (κ2) is 12.3. The molecule has 0 unspecified atom stereocenters. The lowest BCUT2D eigenvalue weighted by Crippen LogP contribution is -2.52. The Balaban J connectivity index is 1.33. The SMILES string of the molecule is COc1ccc(-c2ccc(N3CCN(C(=O)CN(Cc4ccccc4)C(=O)CC(C)C)CC3)nn2)cc1. The number of piperazine rings is 1. The van der Waals surface area contributed by atoms with E-state index in [1.807, 2.05) is 85.5 Å². The number of carbonyl (C=O) groups excluding carboxylic acids is 2. The third-order valence-corrected chi connectivity index (χ3v) is 6.47. The molecular formula is C29H35N5O3. The van der Waals surface area contributed by atoms with Crippen LogP contribution in [0.2, 0.25) is 0 Å². The molecule has 0 bridgehead atoms. The lowest BCUT2D eigenvalue weighted by molar-refractivity contribution is -0.141. The molecule has 0 N–H and O–H groups in total. The maximum absolute atomic E-state index is 13.2. The second-order valence-corrected chi connectivity index (χ2v) is 9.71. The van der Waals surface area contributed by atoms with E-state index >= 15 is 0 Å². The van der Waals surface area contributed by atoms with Crippen molar-refractivity contribution in [3.63, 3.8) is 0 Å². The van der Waals surface area contributed by atoms with E-state index < -0.39 is 0 Å². The van der Waals surface area contributed by atoms with Crippen LogP contribution in [0, 0.1) is 5.92 Å². The summed E-state index contributed by atoms with van der Waals surface area (Å²) in [4.78, 5) is 31.7. The van der Waals surface area contributed by atoms with Gasteiger partial charge < -0.3 is 19.4 Å². The molecule has 0 aliphatic carbocycles. The number of rotatable bonds is 9. The summed E-state index contributed by atoms with van der Waals surface area (Å²) in [5.74, 6) is 1.82. The predicted octanol–water partition coefficient (Wildman–Crippen LogP) is 3.88. The normalized spacial score (nSPS) is 13.5. The Morgan fingerprint density at radius 2 is 1.62 bits per heavy atom. The van der Waals surface area contributed by atoms with Gasteiger partial charge in [-0.1, -0.05) is 44.2 Å². The Kier molecular flexibility index (Phi) is 8.72. The summed E-state index contributed by atoms with van der Waals surface area (Å²) in [5.41, 5.74) is 2.79. The molecule has 2 heterocycles. The molecule has 4 rings (SSSR count). The Morgan fingerprint density at radius 1 is 0.919 bits per heavy atom. The summed E-state index contributed by atoms with van der Waals surface area (Å²) in [6, 6.07) is 21.5. The number of anilines is 1. The van der Waals surface area contributed by atoms with Gasteiger partial charge in [0.25, 0.3) is 0 Å². The fraction of sp³-hybridized carbons (Fsp3) is 0.379. The van der Waals surface area contributed by atoms with Gasteiger partial charge in [-0.25, -0.2) is 0 Å². The van der Waals surface area contributed by atoms with Crippen LogP contribution in [-0.2, 0) is 16.1 Å². The Hall–Kier alpha value is -3.94. The lowest BCUT2D eigenvalue weighted by Gasteiger charge is -2.36. The van der Waals surface area contributed by atoms with Crippen molar-refractivity contribution in [3.05, 3.63) is 72.3 Å². The molecule has 2 aromatic carbocycles. The first-order valence-corrected chi connectivity index (χ1v) is 12.8. The predicted molar refractivity (Wildman–Crippen MR) is 144 cm³/mol. The highest BCUT2D eigenvalue weighted by atomic mass is 16.5. The van der Waals surface area contributed by atoms with E-state index in [4.69, 9.17) is 4.74 Å². The first-order chi connectivity index (χ1) is 17.9. The van der Waals surface area contributed by atoms with Gasteiger partial charge in [-0.05, 0) is 47.9 Å². The standard InChI is InChI=1S/C29H35N5O3/c1-22(2)19-28(35)34(20-23-7-5-4-6-8-23)21-29(36)33-17-15-32(16-18-33)27-14-13-26(30-31-27)24-9-11-25(37-3)12-10-24/h4-14,22H,15-21H2,1-3H3. The average Bonchev–Trinajstić information content (AvgIpc) is 2.93. The zero-order valence-corrected chi connectivity index (χ0v) is 21.8. The van der Waals surface area contributed by atoms with Crippen LogP contribution in [0.25, 0.3) is 11.3 Å². The molecule has 0 spiro atoms. The summed E-state index contributed by atoms with van der Waals surface area (Å²) < 4.78 is 5.21. The minimum atomic E-state index is -0.0198. The molecule has 194 valence electrons. The maximum Gasteiger partial charge on any atom is 0.242 e. The highest BCUT2D eigenvalue weighted by Gasteiger charge is 2.26. The topological polar surface area (TPSA) is 78.9 Å². The number of aromatic nitrogens is 2. The number of ether oxygens (including phenoxy) is 1. The van der Waals surface area contributed by atoms with E-state index in [-0.39, 0.29) is 24.3 Å². The summed E-state index contributed by atoms with van der Waals surface area (Å²) in [7, 11) is 1.64.